The molecule has 2 rings (SSSR count). The van der Waals surface area contributed by atoms with E-state index in [0.29, 0.717) is 32.0 Å². The first kappa shape index (κ1) is 38.9. The molecular formula is C30H49ClN8O7. The Balaban J connectivity index is 1.77. The van der Waals surface area contributed by atoms with Crippen LogP contribution in [0.2, 0.25) is 0 Å². The van der Waals surface area contributed by atoms with E-state index in [1.54, 1.807) is 0 Å². The summed E-state index contributed by atoms with van der Waals surface area (Å²) in [5, 5.41) is 69.9. The second kappa shape index (κ2) is 20.7. The van der Waals surface area contributed by atoms with E-state index in [1.165, 1.54) is 0 Å². The Bertz CT molecular complexity index is 1210. The van der Waals surface area contributed by atoms with Gasteiger partial charge in [0.1, 0.15) is 30.7 Å². The summed E-state index contributed by atoms with van der Waals surface area (Å²) in [5.41, 5.74) is 12.2. The molecule has 0 fully saturated rings. The van der Waals surface area contributed by atoms with E-state index in [4.69, 9.17) is 38.3 Å². The second-order valence-electron chi connectivity index (χ2n) is 11.0. The molecule has 258 valence electrons. The third kappa shape index (κ3) is 13.6. The number of aliphatic hydroxyl groups excluding tert-OH is 6. The average Bonchev–Trinajstić information content (AvgIpc) is 3.03. The van der Waals surface area contributed by atoms with E-state index in [1.807, 2.05) is 29.2 Å². The maximum Gasteiger partial charge on any atom is 0.244 e. The first-order valence-corrected chi connectivity index (χ1v) is 15.8. The Labute approximate surface area is 274 Å². The van der Waals surface area contributed by atoms with Crippen LogP contribution in [0.1, 0.15) is 51.0 Å². The quantitative estimate of drug-likeness (QED) is 0.0369. The fraction of sp³-hybridized carbons (Fsp3) is 0.600. The van der Waals surface area contributed by atoms with E-state index in [9.17, 15) is 25.5 Å². The van der Waals surface area contributed by atoms with E-state index in [2.05, 4.69) is 27.2 Å². The van der Waals surface area contributed by atoms with Crippen molar-refractivity contribution < 1.29 is 35.4 Å². The molecule has 0 aliphatic carbocycles. The molecule has 4 atom stereocenters. The van der Waals surface area contributed by atoms with Crippen molar-refractivity contribution >= 4 is 34.4 Å². The van der Waals surface area contributed by atoms with Gasteiger partial charge in [-0.05, 0) is 49.9 Å². The number of rotatable bonds is 21. The van der Waals surface area contributed by atoms with E-state index < -0.39 is 36.9 Å². The van der Waals surface area contributed by atoms with Crippen molar-refractivity contribution in [1.82, 2.24) is 10.2 Å². The van der Waals surface area contributed by atoms with Gasteiger partial charge in [-0.3, -0.25) is 10.3 Å². The largest absolute Gasteiger partial charge is 0.492 e. The highest BCUT2D eigenvalue weighted by molar-refractivity contribution is 6.84. The molecule has 1 aromatic rings. The van der Waals surface area contributed by atoms with Crippen LogP contribution >= 0.6 is 11.6 Å². The summed E-state index contributed by atoms with van der Waals surface area (Å²) in [4.78, 5) is 13.2. The first-order chi connectivity index (χ1) is 22.0. The molecule has 0 spiro atoms. The molecule has 1 aromatic carbocycles. The molecule has 12 N–H and O–H groups in total. The number of aliphatic imine (C=N–C) groups is 3. The van der Waals surface area contributed by atoms with Gasteiger partial charge >= 0.3 is 0 Å². The molecule has 46 heavy (non-hydrogen) atoms. The Hall–Kier alpha value is -3.31. The molecule has 0 saturated carbocycles. The van der Waals surface area contributed by atoms with Gasteiger partial charge in [-0.25, -0.2) is 9.98 Å². The Morgan fingerprint density at radius 3 is 2.39 bits per heavy atom. The predicted octanol–water partition coefficient (Wildman–Crippen LogP) is 0.323. The smallest absolute Gasteiger partial charge is 0.244 e. The molecule has 1 aliphatic rings. The molecule has 15 nitrogen and oxygen atoms in total. The molecule has 0 amide bonds. The molecular weight excluding hydrogens is 620 g/mol. The number of aryl methyl sites for hydroxylation is 1. The Morgan fingerprint density at radius 1 is 1.02 bits per heavy atom. The minimum atomic E-state index is -1.66. The lowest BCUT2D eigenvalue weighted by molar-refractivity contribution is -0.119. The summed E-state index contributed by atoms with van der Waals surface area (Å²) in [5.74, 6) is -0.448. The van der Waals surface area contributed by atoms with Crippen molar-refractivity contribution in [3.63, 3.8) is 0 Å². The number of ether oxygens (including phenoxy) is 1. The highest BCUT2D eigenvalue weighted by Crippen LogP contribution is 2.16. The van der Waals surface area contributed by atoms with Crippen molar-refractivity contribution in [2.75, 3.05) is 39.4 Å². The summed E-state index contributed by atoms with van der Waals surface area (Å²) in [7, 11) is 0. The van der Waals surface area contributed by atoms with E-state index >= 15 is 0 Å². The van der Waals surface area contributed by atoms with Gasteiger partial charge in [0, 0.05) is 19.6 Å². The lowest BCUT2D eigenvalue weighted by Gasteiger charge is -2.30. The van der Waals surface area contributed by atoms with Gasteiger partial charge in [-0.1, -0.05) is 49.9 Å². The molecule has 0 bridgehead atoms. The number of halogens is 1. The highest BCUT2D eigenvalue weighted by Gasteiger charge is 2.31. The molecule has 0 radical (unpaired) electrons. The number of nitrogens with one attached hydrogen (secondary N) is 2. The zero-order chi connectivity index (χ0) is 34.1. The van der Waals surface area contributed by atoms with Crippen LogP contribution in [0.4, 0.5) is 0 Å². The molecule has 0 unspecified atom stereocenters. The normalized spacial score (nSPS) is 17.7. The number of amidine groups is 2. The maximum atomic E-state index is 10.5. The molecule has 1 heterocycles. The van der Waals surface area contributed by atoms with Crippen LogP contribution in [-0.4, -0.2) is 122 Å². The molecule has 16 heteroatoms. The standard InChI is InChI=1S/C30H49ClN8O7/c1-2-3-4-7-14-39(17-21(41)24(43)25(44)22(42)18-40)15-16-46-20-11-9-19(10-12-20)8-5-6-13-35-30(34)38-29(45)23-27(32)37-28(33)26(31)36-23/h9-12,21-22,24-25,40-45H,2-8,13-18H2,1H3,(H3,32,33,37)(H3,34,35,38)/b29-23-/t21-,22+,24+,25+/m0/s1. The number of benzene rings is 1. The first-order valence-electron chi connectivity index (χ1n) is 15.4. The van der Waals surface area contributed by atoms with Gasteiger partial charge in [-0.2, -0.15) is 4.99 Å². The zero-order valence-electron chi connectivity index (χ0n) is 26.2. The highest BCUT2D eigenvalue weighted by atomic mass is 35.5. The van der Waals surface area contributed by atoms with Gasteiger partial charge in [0.15, 0.2) is 28.5 Å². The predicted molar refractivity (Wildman–Crippen MR) is 178 cm³/mol. The summed E-state index contributed by atoms with van der Waals surface area (Å²) in [6.45, 7) is 3.49. The van der Waals surface area contributed by atoms with Crippen LogP contribution in [0.3, 0.4) is 0 Å². The fourth-order valence-electron chi connectivity index (χ4n) is 4.50. The van der Waals surface area contributed by atoms with Crippen molar-refractivity contribution in [2.24, 2.45) is 26.4 Å². The Kier molecular flexibility index (Phi) is 17.5. The van der Waals surface area contributed by atoms with Crippen molar-refractivity contribution in [2.45, 2.75) is 76.3 Å². The SMILES string of the molecule is CCCCCCN(CCOc1ccc(CCCCN/C(N)=N/C(O)=C2/N=C(Cl)C(N)=NC2=N)cc1)C[C@H](O)[C@@H](O)[C@H](O)[C@H](O)CO. The summed E-state index contributed by atoms with van der Waals surface area (Å²) < 4.78 is 5.92. The van der Waals surface area contributed by atoms with Crippen LogP contribution < -0.4 is 21.5 Å². The van der Waals surface area contributed by atoms with Crippen LogP contribution in [0.15, 0.2) is 50.8 Å². The molecule has 1 aliphatic heterocycles. The van der Waals surface area contributed by atoms with Crippen LogP contribution in [0.5, 0.6) is 5.75 Å². The fourth-order valence-corrected chi connectivity index (χ4v) is 4.63. The van der Waals surface area contributed by atoms with Gasteiger partial charge in [-0.15, -0.1) is 0 Å². The topological polar surface area (TPSA) is 259 Å². The second-order valence-corrected chi connectivity index (χ2v) is 11.3. The third-order valence-electron chi connectivity index (χ3n) is 7.21. The van der Waals surface area contributed by atoms with Crippen LogP contribution in [0.25, 0.3) is 0 Å². The summed E-state index contributed by atoms with van der Waals surface area (Å²) >= 11 is 5.80. The molecule has 0 aromatic heterocycles. The number of hydrogen-bond donors (Lipinski definition) is 10. The molecule has 0 saturated heterocycles. The lowest BCUT2D eigenvalue weighted by Crippen LogP contribution is -2.50. The lowest BCUT2D eigenvalue weighted by atomic mass is 10.0. The number of nitrogens with zero attached hydrogens (tertiary/aromatic N) is 4. The monoisotopic (exact) mass is 668 g/mol. The van der Waals surface area contributed by atoms with Crippen LogP contribution in [-0.2, 0) is 6.42 Å². The van der Waals surface area contributed by atoms with Gasteiger partial charge in [0.25, 0.3) is 0 Å². The number of guanidine groups is 1. The van der Waals surface area contributed by atoms with E-state index in [-0.39, 0.29) is 35.0 Å². The number of aliphatic hydroxyl groups is 6. The average molecular weight is 669 g/mol. The van der Waals surface area contributed by atoms with Crippen molar-refractivity contribution in [3.05, 3.63) is 41.4 Å². The zero-order valence-corrected chi connectivity index (χ0v) is 27.0. The van der Waals surface area contributed by atoms with Gasteiger partial charge < -0.3 is 52.2 Å². The number of nitrogens with two attached hydrogens (primary N) is 2. The summed E-state index contributed by atoms with van der Waals surface area (Å²) in [6, 6.07) is 7.75. The third-order valence-corrected chi connectivity index (χ3v) is 7.49. The summed E-state index contributed by atoms with van der Waals surface area (Å²) in [6.07, 6.45) is 0.456. The Morgan fingerprint density at radius 2 is 1.72 bits per heavy atom. The van der Waals surface area contributed by atoms with Crippen molar-refractivity contribution in [1.29, 1.82) is 5.41 Å². The number of unbranched alkanes of at least 4 members (excludes halogenated alkanes) is 4. The van der Waals surface area contributed by atoms with Gasteiger partial charge in [0.05, 0.1) is 12.7 Å². The minimum absolute atomic E-state index is 0.0450. The van der Waals surface area contributed by atoms with Crippen molar-refractivity contribution in [3.8, 4) is 5.75 Å². The maximum absolute atomic E-state index is 10.5. The van der Waals surface area contributed by atoms with Gasteiger partial charge in [0.2, 0.25) is 5.88 Å². The van der Waals surface area contributed by atoms with E-state index in [0.717, 1.165) is 50.5 Å². The minimum Gasteiger partial charge on any atom is -0.492 e. The van der Waals surface area contributed by atoms with Crippen LogP contribution in [0, 0.1) is 5.41 Å². The number of hydrogen-bond acceptors (Lipinski definition) is 12.